The Morgan fingerprint density at radius 3 is 2.68 bits per heavy atom. The van der Waals surface area contributed by atoms with Gasteiger partial charge in [-0.1, -0.05) is 12.1 Å². The molecule has 2 aromatic heterocycles. The second kappa shape index (κ2) is 5.98. The summed E-state index contributed by atoms with van der Waals surface area (Å²) in [6.45, 7) is 1.78. The molecule has 0 amide bonds. The van der Waals surface area contributed by atoms with Crippen LogP contribution in [0.1, 0.15) is 16.8 Å². The number of hydrogen-bond donors (Lipinski definition) is 3. The van der Waals surface area contributed by atoms with Crippen molar-refractivity contribution in [3.8, 4) is 6.07 Å². The Morgan fingerprint density at radius 2 is 2.04 bits per heavy atom. The Bertz CT molecular complexity index is 984. The molecule has 25 heavy (non-hydrogen) atoms. The lowest BCUT2D eigenvalue weighted by molar-refractivity contribution is -0.137. The van der Waals surface area contributed by atoms with E-state index < -0.39 is 11.7 Å². The zero-order valence-corrected chi connectivity index (χ0v) is 13.3. The highest BCUT2D eigenvalue weighted by Crippen LogP contribution is 2.35. The van der Waals surface area contributed by atoms with Crippen molar-refractivity contribution < 1.29 is 13.2 Å². The second-order valence-corrected chi connectivity index (χ2v) is 5.29. The molecule has 0 bridgehead atoms. The van der Waals surface area contributed by atoms with Crippen molar-refractivity contribution in [3.63, 3.8) is 0 Å². The van der Waals surface area contributed by atoms with Gasteiger partial charge in [0.05, 0.1) is 16.8 Å². The van der Waals surface area contributed by atoms with E-state index in [-0.39, 0.29) is 11.8 Å². The highest BCUT2D eigenvalue weighted by atomic mass is 19.4. The van der Waals surface area contributed by atoms with E-state index in [0.717, 1.165) is 11.6 Å². The van der Waals surface area contributed by atoms with Gasteiger partial charge in [0.25, 0.3) is 0 Å². The number of benzene rings is 1. The second-order valence-electron chi connectivity index (χ2n) is 5.29. The fraction of sp³-hybridized carbons (Fsp3) is 0.188. The summed E-state index contributed by atoms with van der Waals surface area (Å²) in [4.78, 5) is 10.7. The minimum absolute atomic E-state index is 0.0173. The van der Waals surface area contributed by atoms with Crippen molar-refractivity contribution >= 4 is 28.4 Å². The predicted molar refractivity (Wildman–Crippen MR) is 87.6 cm³/mol. The highest BCUT2D eigenvalue weighted by Gasteiger charge is 2.35. The molecule has 0 saturated carbocycles. The van der Waals surface area contributed by atoms with Gasteiger partial charge in [0.15, 0.2) is 0 Å². The normalized spacial score (nSPS) is 11.4. The molecule has 128 valence electrons. The molecule has 0 aliphatic rings. The number of H-pyrrole nitrogens is 1. The van der Waals surface area contributed by atoms with Gasteiger partial charge >= 0.3 is 6.18 Å². The minimum atomic E-state index is -4.55. The van der Waals surface area contributed by atoms with E-state index in [0.29, 0.717) is 22.5 Å². The summed E-state index contributed by atoms with van der Waals surface area (Å²) in [7, 11) is 1.36. The largest absolute Gasteiger partial charge is 0.421 e. The average Bonchev–Trinajstić information content (AvgIpc) is 2.89. The number of fused-ring (bicyclic) bond motifs is 1. The van der Waals surface area contributed by atoms with E-state index in [1.165, 1.54) is 7.05 Å². The molecular weight excluding hydrogens is 333 g/mol. The van der Waals surface area contributed by atoms with Crippen LogP contribution in [-0.4, -0.2) is 22.0 Å². The minimum Gasteiger partial charge on any atom is -0.372 e. The summed E-state index contributed by atoms with van der Waals surface area (Å²) in [5.74, 6) is -0.302. The first-order valence-electron chi connectivity index (χ1n) is 7.25. The van der Waals surface area contributed by atoms with E-state index in [2.05, 4.69) is 31.7 Å². The number of aromatic amines is 1. The molecule has 0 fully saturated rings. The maximum absolute atomic E-state index is 12.9. The van der Waals surface area contributed by atoms with E-state index in [4.69, 9.17) is 0 Å². The molecule has 0 radical (unpaired) electrons. The molecule has 9 heteroatoms. The van der Waals surface area contributed by atoms with E-state index in [1.807, 2.05) is 0 Å². The van der Waals surface area contributed by atoms with Gasteiger partial charge in [-0.05, 0) is 13.0 Å². The lowest BCUT2D eigenvalue weighted by Crippen LogP contribution is -2.12. The molecule has 3 N–H and O–H groups in total. The quantitative estimate of drug-likeness (QED) is 0.668. The Labute approximate surface area is 140 Å². The van der Waals surface area contributed by atoms with Crippen LogP contribution in [0, 0.1) is 18.3 Å². The van der Waals surface area contributed by atoms with Crippen LogP contribution in [0.25, 0.3) is 10.9 Å². The number of nitrogens with one attached hydrogen (secondary N) is 3. The summed E-state index contributed by atoms with van der Waals surface area (Å²) < 4.78 is 38.8. The molecule has 0 saturated heterocycles. The Morgan fingerprint density at radius 1 is 1.28 bits per heavy atom. The molecular formula is C16H13F3N6. The standard InChI is InChI=1S/C16H13F3N6/c1-8-12(10-5-3-4-9(6-20)13(10)23-8)24-15-22-7-11(16(17,18)19)14(21-2)25-15/h3-5,7,23H,1-2H3,(H2,21,22,24,25). The summed E-state index contributed by atoms with van der Waals surface area (Å²) in [6.07, 6.45) is -3.82. The van der Waals surface area contributed by atoms with Gasteiger partial charge in [-0.15, -0.1) is 0 Å². The van der Waals surface area contributed by atoms with Crippen molar-refractivity contribution in [1.82, 2.24) is 15.0 Å². The fourth-order valence-corrected chi connectivity index (χ4v) is 2.55. The van der Waals surface area contributed by atoms with Gasteiger partial charge in [0.1, 0.15) is 17.5 Å². The predicted octanol–water partition coefficient (Wildman–Crippen LogP) is 3.94. The van der Waals surface area contributed by atoms with Crippen molar-refractivity contribution in [3.05, 3.63) is 41.2 Å². The highest BCUT2D eigenvalue weighted by molar-refractivity contribution is 5.98. The molecule has 1 aromatic carbocycles. The lowest BCUT2D eigenvalue weighted by atomic mass is 10.1. The third-order valence-corrected chi connectivity index (χ3v) is 3.71. The number of rotatable bonds is 3. The first-order chi connectivity index (χ1) is 11.8. The van der Waals surface area contributed by atoms with Crippen molar-refractivity contribution in [2.75, 3.05) is 17.7 Å². The number of alkyl halides is 3. The maximum atomic E-state index is 12.9. The van der Waals surface area contributed by atoms with Crippen LogP contribution in [0.4, 0.5) is 30.6 Å². The zero-order valence-electron chi connectivity index (χ0n) is 13.3. The number of aryl methyl sites for hydroxylation is 1. The number of aromatic nitrogens is 3. The van der Waals surface area contributed by atoms with E-state index >= 15 is 0 Å². The third kappa shape index (κ3) is 2.94. The van der Waals surface area contributed by atoms with Crippen molar-refractivity contribution in [2.45, 2.75) is 13.1 Å². The molecule has 0 spiro atoms. The van der Waals surface area contributed by atoms with Gasteiger partial charge in [-0.2, -0.15) is 23.4 Å². The number of nitrogens with zero attached hydrogens (tertiary/aromatic N) is 3. The topological polar surface area (TPSA) is 89.4 Å². The molecule has 0 atom stereocenters. The molecule has 2 heterocycles. The zero-order chi connectivity index (χ0) is 18.2. The average molecular weight is 346 g/mol. The van der Waals surface area contributed by atoms with E-state index in [9.17, 15) is 18.4 Å². The molecule has 6 nitrogen and oxygen atoms in total. The first-order valence-corrected chi connectivity index (χ1v) is 7.25. The Kier molecular flexibility index (Phi) is 3.96. The van der Waals surface area contributed by atoms with Gasteiger partial charge in [0, 0.05) is 24.3 Å². The third-order valence-electron chi connectivity index (χ3n) is 3.71. The number of nitriles is 1. The Hall–Kier alpha value is -3.28. The van der Waals surface area contributed by atoms with Gasteiger partial charge in [-0.3, -0.25) is 0 Å². The number of para-hydroxylation sites is 1. The number of anilines is 3. The van der Waals surface area contributed by atoms with Crippen LogP contribution in [-0.2, 0) is 6.18 Å². The van der Waals surface area contributed by atoms with Crippen LogP contribution in [0.3, 0.4) is 0 Å². The monoisotopic (exact) mass is 346 g/mol. The summed E-state index contributed by atoms with van der Waals surface area (Å²) in [6, 6.07) is 7.29. The molecule has 0 aliphatic carbocycles. The molecule has 3 aromatic rings. The summed E-state index contributed by atoms with van der Waals surface area (Å²) in [5, 5.41) is 15.3. The number of hydrogen-bond acceptors (Lipinski definition) is 5. The van der Waals surface area contributed by atoms with Crippen molar-refractivity contribution in [1.29, 1.82) is 5.26 Å². The summed E-state index contributed by atoms with van der Waals surface area (Å²) >= 11 is 0. The van der Waals surface area contributed by atoms with Gasteiger partial charge in [0.2, 0.25) is 5.95 Å². The van der Waals surface area contributed by atoms with Crippen LogP contribution in [0.15, 0.2) is 24.4 Å². The van der Waals surface area contributed by atoms with Crippen LogP contribution in [0.2, 0.25) is 0 Å². The summed E-state index contributed by atoms with van der Waals surface area (Å²) in [5.41, 5.74) is 1.49. The van der Waals surface area contributed by atoms with Gasteiger partial charge < -0.3 is 15.6 Å². The van der Waals surface area contributed by atoms with Crippen molar-refractivity contribution in [2.24, 2.45) is 0 Å². The van der Waals surface area contributed by atoms with Crippen LogP contribution >= 0.6 is 0 Å². The number of halogens is 3. The lowest BCUT2D eigenvalue weighted by Gasteiger charge is -2.13. The van der Waals surface area contributed by atoms with Crippen LogP contribution in [0.5, 0.6) is 0 Å². The fourth-order valence-electron chi connectivity index (χ4n) is 2.55. The van der Waals surface area contributed by atoms with Crippen LogP contribution < -0.4 is 10.6 Å². The molecule has 0 aliphatic heterocycles. The smallest absolute Gasteiger partial charge is 0.372 e. The van der Waals surface area contributed by atoms with Gasteiger partial charge in [-0.25, -0.2) is 4.98 Å². The SMILES string of the molecule is CNc1nc(Nc2c(C)[nH]c3c(C#N)cccc23)ncc1C(F)(F)F. The maximum Gasteiger partial charge on any atom is 0.421 e. The molecule has 0 unspecified atom stereocenters. The first kappa shape index (κ1) is 16.6. The Balaban J connectivity index is 2.05. The van der Waals surface area contributed by atoms with E-state index in [1.54, 1.807) is 25.1 Å². The molecule has 3 rings (SSSR count).